The fourth-order valence-corrected chi connectivity index (χ4v) is 2.62. The molecule has 1 heterocycles. The molecule has 0 saturated heterocycles. The van der Waals surface area contributed by atoms with E-state index in [9.17, 15) is 0 Å². The van der Waals surface area contributed by atoms with Gasteiger partial charge in [0.1, 0.15) is 5.76 Å². The minimum atomic E-state index is 0.655. The van der Waals surface area contributed by atoms with Gasteiger partial charge in [-0.2, -0.15) is 0 Å². The van der Waals surface area contributed by atoms with E-state index in [-0.39, 0.29) is 0 Å². The van der Waals surface area contributed by atoms with Gasteiger partial charge in [0.15, 0.2) is 5.58 Å². The van der Waals surface area contributed by atoms with Crippen LogP contribution in [0.2, 0.25) is 5.02 Å². The van der Waals surface area contributed by atoms with E-state index in [1.165, 1.54) is 12.8 Å². The van der Waals surface area contributed by atoms with Gasteiger partial charge in [-0.1, -0.05) is 27.5 Å². The molecule has 1 fully saturated rings. The van der Waals surface area contributed by atoms with Crippen molar-refractivity contribution in [2.45, 2.75) is 25.4 Å². The van der Waals surface area contributed by atoms with Gasteiger partial charge in [0.2, 0.25) is 0 Å². The highest BCUT2D eigenvalue weighted by Crippen LogP contribution is 2.31. The molecule has 0 aliphatic heterocycles. The van der Waals surface area contributed by atoms with E-state index >= 15 is 0 Å². The molecule has 0 unspecified atom stereocenters. The summed E-state index contributed by atoms with van der Waals surface area (Å²) < 4.78 is 6.70. The SMILES string of the molecule is Clc1cc(Br)cc2cc(CNC3CC3)oc12. The maximum absolute atomic E-state index is 6.11. The van der Waals surface area contributed by atoms with Crippen molar-refractivity contribution in [1.29, 1.82) is 0 Å². The summed E-state index contributed by atoms with van der Waals surface area (Å²) in [5.74, 6) is 0.946. The van der Waals surface area contributed by atoms with Crippen LogP contribution in [0, 0.1) is 0 Å². The first kappa shape index (κ1) is 10.6. The average molecular weight is 301 g/mol. The maximum Gasteiger partial charge on any atom is 0.153 e. The number of nitrogens with one attached hydrogen (secondary N) is 1. The summed E-state index contributed by atoms with van der Waals surface area (Å²) >= 11 is 9.53. The molecule has 1 aliphatic rings. The molecule has 0 spiro atoms. The molecule has 2 nitrogen and oxygen atoms in total. The van der Waals surface area contributed by atoms with Crippen LogP contribution < -0.4 is 5.32 Å². The smallest absolute Gasteiger partial charge is 0.153 e. The number of halogens is 2. The highest BCUT2D eigenvalue weighted by atomic mass is 79.9. The fraction of sp³-hybridized carbons (Fsp3) is 0.333. The van der Waals surface area contributed by atoms with Gasteiger partial charge >= 0.3 is 0 Å². The molecule has 0 bridgehead atoms. The Hall–Kier alpha value is -0.510. The molecule has 4 heteroatoms. The van der Waals surface area contributed by atoms with Crippen LogP contribution in [-0.2, 0) is 6.54 Å². The van der Waals surface area contributed by atoms with Gasteiger partial charge in [0, 0.05) is 15.9 Å². The molecule has 16 heavy (non-hydrogen) atoms. The largest absolute Gasteiger partial charge is 0.458 e. The predicted molar refractivity (Wildman–Crippen MR) is 68.8 cm³/mol. The zero-order chi connectivity index (χ0) is 11.1. The van der Waals surface area contributed by atoms with E-state index in [0.717, 1.165) is 27.7 Å². The quantitative estimate of drug-likeness (QED) is 0.923. The van der Waals surface area contributed by atoms with Crippen LogP contribution in [-0.4, -0.2) is 6.04 Å². The number of rotatable bonds is 3. The Morgan fingerprint density at radius 3 is 2.94 bits per heavy atom. The van der Waals surface area contributed by atoms with Crippen molar-refractivity contribution in [3.63, 3.8) is 0 Å². The molecule has 1 N–H and O–H groups in total. The first-order chi connectivity index (χ1) is 7.72. The molecule has 1 aromatic carbocycles. The molecule has 3 rings (SSSR count). The van der Waals surface area contributed by atoms with Crippen LogP contribution in [0.1, 0.15) is 18.6 Å². The molecule has 1 aliphatic carbocycles. The van der Waals surface area contributed by atoms with Gasteiger partial charge in [-0.25, -0.2) is 0 Å². The Bertz CT molecular complexity index is 533. The monoisotopic (exact) mass is 299 g/mol. The Morgan fingerprint density at radius 2 is 2.19 bits per heavy atom. The van der Waals surface area contributed by atoms with Crippen molar-refractivity contribution in [3.8, 4) is 0 Å². The Kier molecular flexibility index (Phi) is 2.70. The number of furan rings is 1. The van der Waals surface area contributed by atoms with Gasteiger partial charge in [-0.3, -0.25) is 0 Å². The van der Waals surface area contributed by atoms with E-state index in [1.807, 2.05) is 18.2 Å². The van der Waals surface area contributed by atoms with Gasteiger partial charge in [0.05, 0.1) is 11.6 Å². The van der Waals surface area contributed by atoms with Crippen LogP contribution in [0.5, 0.6) is 0 Å². The third kappa shape index (κ3) is 2.12. The lowest BCUT2D eigenvalue weighted by molar-refractivity contribution is 0.512. The zero-order valence-corrected chi connectivity index (χ0v) is 10.9. The lowest BCUT2D eigenvalue weighted by Gasteiger charge is -1.97. The average Bonchev–Trinajstić information content (AvgIpc) is 2.96. The summed E-state index contributed by atoms with van der Waals surface area (Å²) in [6.07, 6.45) is 2.57. The molecule has 1 saturated carbocycles. The third-order valence-electron chi connectivity index (χ3n) is 2.73. The van der Waals surface area contributed by atoms with Crippen LogP contribution in [0.4, 0.5) is 0 Å². The summed E-state index contributed by atoms with van der Waals surface area (Å²) in [6.45, 7) is 0.785. The van der Waals surface area contributed by atoms with Crippen molar-refractivity contribution >= 4 is 38.5 Å². The highest BCUT2D eigenvalue weighted by molar-refractivity contribution is 9.10. The second-order valence-corrected chi connectivity index (χ2v) is 5.50. The predicted octanol–water partition coefficient (Wildman–Crippen LogP) is 4.10. The molecule has 0 radical (unpaired) electrons. The summed E-state index contributed by atoms with van der Waals surface area (Å²) in [7, 11) is 0. The third-order valence-corrected chi connectivity index (χ3v) is 3.47. The normalized spacial score (nSPS) is 15.9. The number of hydrogen-bond donors (Lipinski definition) is 1. The number of benzene rings is 1. The van der Waals surface area contributed by atoms with Gasteiger partial charge < -0.3 is 9.73 Å². The molecular weight excluding hydrogens is 289 g/mol. The van der Waals surface area contributed by atoms with E-state index < -0.39 is 0 Å². The molecule has 0 amide bonds. The lowest BCUT2D eigenvalue weighted by atomic mass is 10.2. The van der Waals surface area contributed by atoms with Crippen molar-refractivity contribution in [3.05, 3.63) is 33.5 Å². The van der Waals surface area contributed by atoms with Crippen LogP contribution in [0.15, 0.2) is 27.1 Å². The number of hydrogen-bond acceptors (Lipinski definition) is 2. The minimum Gasteiger partial charge on any atom is -0.458 e. The van der Waals surface area contributed by atoms with Crippen molar-refractivity contribution in [2.24, 2.45) is 0 Å². The number of fused-ring (bicyclic) bond motifs is 1. The topological polar surface area (TPSA) is 25.2 Å². The van der Waals surface area contributed by atoms with Crippen molar-refractivity contribution in [1.82, 2.24) is 5.32 Å². The van der Waals surface area contributed by atoms with Crippen molar-refractivity contribution in [2.75, 3.05) is 0 Å². The maximum atomic E-state index is 6.11. The zero-order valence-electron chi connectivity index (χ0n) is 8.59. The first-order valence-electron chi connectivity index (χ1n) is 5.33. The Balaban J connectivity index is 1.91. The lowest BCUT2D eigenvalue weighted by Crippen LogP contribution is -2.14. The van der Waals surface area contributed by atoms with Gasteiger partial charge in [-0.15, -0.1) is 0 Å². The second-order valence-electron chi connectivity index (χ2n) is 4.17. The van der Waals surface area contributed by atoms with Gasteiger partial charge in [0.25, 0.3) is 0 Å². The van der Waals surface area contributed by atoms with Crippen molar-refractivity contribution < 1.29 is 4.42 Å². The Labute approximate surface area is 107 Å². The van der Waals surface area contributed by atoms with E-state index in [1.54, 1.807) is 0 Å². The standard InChI is InChI=1S/C12H11BrClNO/c13-8-3-7-4-10(6-15-9-1-2-9)16-12(7)11(14)5-8/h3-5,9,15H,1-2,6H2. The second kappa shape index (κ2) is 4.06. The molecular formula is C12H11BrClNO. The van der Waals surface area contributed by atoms with Crippen LogP contribution >= 0.6 is 27.5 Å². The highest BCUT2D eigenvalue weighted by Gasteiger charge is 2.20. The summed E-state index contributed by atoms with van der Waals surface area (Å²) in [5, 5.41) is 5.12. The summed E-state index contributed by atoms with van der Waals surface area (Å²) in [6, 6.07) is 6.61. The van der Waals surface area contributed by atoms with Crippen LogP contribution in [0.25, 0.3) is 11.0 Å². The summed E-state index contributed by atoms with van der Waals surface area (Å²) in [4.78, 5) is 0. The van der Waals surface area contributed by atoms with E-state index in [0.29, 0.717) is 11.1 Å². The molecule has 0 atom stereocenters. The first-order valence-corrected chi connectivity index (χ1v) is 6.50. The minimum absolute atomic E-state index is 0.655. The molecule has 84 valence electrons. The molecule has 2 aromatic rings. The van der Waals surface area contributed by atoms with Crippen LogP contribution in [0.3, 0.4) is 0 Å². The fourth-order valence-electron chi connectivity index (χ4n) is 1.75. The summed E-state index contributed by atoms with van der Waals surface area (Å²) in [5.41, 5.74) is 0.775. The van der Waals surface area contributed by atoms with E-state index in [4.69, 9.17) is 16.0 Å². The van der Waals surface area contributed by atoms with E-state index in [2.05, 4.69) is 21.2 Å². The Morgan fingerprint density at radius 1 is 1.38 bits per heavy atom. The molecule has 1 aromatic heterocycles. The van der Waals surface area contributed by atoms with Gasteiger partial charge in [-0.05, 0) is 31.0 Å².